The lowest BCUT2D eigenvalue weighted by atomic mass is 10.1. The van der Waals surface area contributed by atoms with Gasteiger partial charge in [-0.3, -0.25) is 24.0 Å². The Bertz CT molecular complexity index is 765. The summed E-state index contributed by atoms with van der Waals surface area (Å²) in [6, 6.07) is -2.71. The number of carboxylic acids is 1. The third-order valence-electron chi connectivity index (χ3n) is 5.71. The summed E-state index contributed by atoms with van der Waals surface area (Å²) >= 11 is 0. The van der Waals surface area contributed by atoms with Crippen molar-refractivity contribution in [2.24, 2.45) is 5.73 Å². The summed E-state index contributed by atoms with van der Waals surface area (Å²) in [6.45, 7) is -0.492. The number of carbonyl (C=O) groups is 5. The van der Waals surface area contributed by atoms with Crippen molar-refractivity contribution in [1.82, 2.24) is 26.2 Å². The predicted octanol–water partition coefficient (Wildman–Crippen LogP) is -4.40. The molecule has 2 saturated heterocycles. The molecule has 2 rings (SSSR count). The Morgan fingerprint density at radius 2 is 1.71 bits per heavy atom. The minimum absolute atomic E-state index is 0.0586. The number of unbranched alkanes of at least 4 members (excludes halogenated alkanes) is 1. The van der Waals surface area contributed by atoms with Crippen molar-refractivity contribution in [3.05, 3.63) is 0 Å². The van der Waals surface area contributed by atoms with Gasteiger partial charge in [0.2, 0.25) is 23.6 Å². The summed E-state index contributed by atoms with van der Waals surface area (Å²) in [5, 5.41) is 38.4. The van der Waals surface area contributed by atoms with Gasteiger partial charge in [0.1, 0.15) is 18.6 Å². The maximum absolute atomic E-state index is 13.2. The van der Waals surface area contributed by atoms with E-state index in [1.807, 2.05) is 0 Å². The number of aliphatic hydroxyl groups excluding tert-OH is 2. The molecule has 0 saturated carbocycles. The van der Waals surface area contributed by atoms with Gasteiger partial charge < -0.3 is 47.2 Å². The molecule has 0 aromatic heterocycles. The molecule has 0 radical (unpaired) electrons. The molecule has 0 aromatic rings. The van der Waals surface area contributed by atoms with Gasteiger partial charge in [-0.15, -0.1) is 0 Å². The molecular weight excluding hydrogens is 452 g/mol. The van der Waals surface area contributed by atoms with Crippen LogP contribution in [0.4, 0.5) is 0 Å². The third kappa shape index (κ3) is 8.20. The smallest absolute Gasteiger partial charge is 0.322 e. The van der Waals surface area contributed by atoms with Crippen molar-refractivity contribution in [2.75, 3.05) is 32.7 Å². The van der Waals surface area contributed by atoms with Crippen LogP contribution in [0.2, 0.25) is 0 Å². The highest BCUT2D eigenvalue weighted by Gasteiger charge is 2.41. The lowest BCUT2D eigenvalue weighted by Crippen LogP contribution is -2.55. The zero-order valence-electron chi connectivity index (χ0n) is 18.9. The van der Waals surface area contributed by atoms with Crippen molar-refractivity contribution in [2.45, 2.75) is 62.4 Å². The second-order valence-corrected chi connectivity index (χ2v) is 8.48. The van der Waals surface area contributed by atoms with Gasteiger partial charge in [0.15, 0.2) is 0 Å². The number of aliphatic hydroxyl groups is 2. The van der Waals surface area contributed by atoms with Crippen LogP contribution in [-0.2, 0) is 24.0 Å². The number of amides is 4. The molecule has 2 aliphatic rings. The molecule has 9 N–H and O–H groups in total. The molecule has 0 aliphatic carbocycles. The Kier molecular flexibility index (Phi) is 10.6. The number of β-amino-alcohol motifs (C(OH)–C–C–N with tert-alkyl or cyclic N) is 2. The van der Waals surface area contributed by atoms with E-state index in [4.69, 9.17) is 10.8 Å². The Balaban J connectivity index is 1.99. The van der Waals surface area contributed by atoms with E-state index in [0.717, 1.165) is 4.90 Å². The van der Waals surface area contributed by atoms with Gasteiger partial charge in [0.25, 0.3) is 0 Å². The fraction of sp³-hybridized carbons (Fsp3) is 0.750. The van der Waals surface area contributed by atoms with E-state index in [2.05, 4.69) is 21.3 Å². The van der Waals surface area contributed by atoms with E-state index >= 15 is 0 Å². The quantitative estimate of drug-likeness (QED) is 0.124. The van der Waals surface area contributed by atoms with Crippen LogP contribution in [0, 0.1) is 0 Å². The van der Waals surface area contributed by atoms with Gasteiger partial charge in [0, 0.05) is 19.5 Å². The second kappa shape index (κ2) is 13.2. The molecule has 5 atom stereocenters. The normalized spacial score (nSPS) is 25.0. The number of rotatable bonds is 12. The number of hydrogen-bond acceptors (Lipinski definition) is 9. The molecule has 14 heteroatoms. The molecule has 0 bridgehead atoms. The Labute approximate surface area is 196 Å². The standard InChI is InChI=1S/C20H34N6O8/c21-4-2-1-3-13(25-16(29)8-23-18(32)14-5-11(27)7-22-14)20(34)26-10-12(28)6-15(26)19(33)24-9-17(30)31/h11-15,22,27-28H,1-10,21H2,(H,23,32)(H,24,33)(H,25,29)(H,30,31)/t11-,12-,13+,14+,15+/m1/s1. The summed E-state index contributed by atoms with van der Waals surface area (Å²) in [5.74, 6) is -3.62. The molecular formula is C20H34N6O8. The molecule has 4 amide bonds. The summed E-state index contributed by atoms with van der Waals surface area (Å²) < 4.78 is 0. The monoisotopic (exact) mass is 486 g/mol. The van der Waals surface area contributed by atoms with Gasteiger partial charge in [-0.25, -0.2) is 0 Å². The molecule has 0 unspecified atom stereocenters. The first kappa shape index (κ1) is 27.4. The summed E-state index contributed by atoms with van der Waals surface area (Å²) in [5.41, 5.74) is 5.51. The van der Waals surface area contributed by atoms with E-state index in [-0.39, 0.29) is 38.9 Å². The number of nitrogens with zero attached hydrogens (tertiary/aromatic N) is 1. The largest absolute Gasteiger partial charge is 0.480 e. The van der Waals surface area contributed by atoms with Crippen molar-refractivity contribution in [1.29, 1.82) is 0 Å². The zero-order chi connectivity index (χ0) is 25.3. The number of carboxylic acid groups (broad SMARTS) is 1. The number of nitrogens with one attached hydrogen (secondary N) is 4. The fourth-order valence-electron chi connectivity index (χ4n) is 3.99. The average Bonchev–Trinajstić information content (AvgIpc) is 3.40. The minimum Gasteiger partial charge on any atom is -0.480 e. The van der Waals surface area contributed by atoms with Crippen LogP contribution in [0.3, 0.4) is 0 Å². The summed E-state index contributed by atoms with van der Waals surface area (Å²) in [6.07, 6.45) is -0.105. The summed E-state index contributed by atoms with van der Waals surface area (Å²) in [7, 11) is 0. The molecule has 2 fully saturated rings. The van der Waals surface area contributed by atoms with E-state index in [0.29, 0.717) is 19.4 Å². The first-order valence-electron chi connectivity index (χ1n) is 11.3. The van der Waals surface area contributed by atoms with E-state index in [9.17, 15) is 34.2 Å². The van der Waals surface area contributed by atoms with Crippen LogP contribution in [0.5, 0.6) is 0 Å². The molecule has 2 heterocycles. The SMILES string of the molecule is NCCCC[C@H](NC(=O)CNC(=O)[C@@H]1C[C@@H](O)CN1)C(=O)N1C[C@H](O)C[C@H]1C(=O)NCC(=O)O. The molecule has 2 aliphatic heterocycles. The Hall–Kier alpha value is -2.81. The molecule has 14 nitrogen and oxygen atoms in total. The van der Waals surface area contributed by atoms with Crippen molar-refractivity contribution < 1.29 is 39.3 Å². The highest BCUT2D eigenvalue weighted by Crippen LogP contribution is 2.20. The topological polar surface area (TPSA) is 223 Å². The zero-order valence-corrected chi connectivity index (χ0v) is 18.9. The van der Waals surface area contributed by atoms with E-state index in [1.54, 1.807) is 0 Å². The van der Waals surface area contributed by atoms with Crippen LogP contribution in [-0.4, -0.2) is 113 Å². The van der Waals surface area contributed by atoms with Crippen molar-refractivity contribution in [3.8, 4) is 0 Å². The van der Waals surface area contributed by atoms with Crippen LogP contribution < -0.4 is 27.0 Å². The fourth-order valence-corrected chi connectivity index (χ4v) is 3.99. The first-order valence-corrected chi connectivity index (χ1v) is 11.3. The van der Waals surface area contributed by atoms with Crippen LogP contribution in [0.25, 0.3) is 0 Å². The van der Waals surface area contributed by atoms with Gasteiger partial charge in [0.05, 0.1) is 24.8 Å². The molecule has 0 aromatic carbocycles. The summed E-state index contributed by atoms with van der Waals surface area (Å²) in [4.78, 5) is 62.1. The van der Waals surface area contributed by atoms with Crippen LogP contribution in [0.1, 0.15) is 32.1 Å². The second-order valence-electron chi connectivity index (χ2n) is 8.48. The molecule has 34 heavy (non-hydrogen) atoms. The highest BCUT2D eigenvalue weighted by atomic mass is 16.4. The third-order valence-corrected chi connectivity index (χ3v) is 5.71. The van der Waals surface area contributed by atoms with Crippen LogP contribution >= 0.6 is 0 Å². The van der Waals surface area contributed by atoms with E-state index < -0.39 is 66.5 Å². The maximum atomic E-state index is 13.2. The Morgan fingerprint density at radius 3 is 2.32 bits per heavy atom. The number of hydrogen-bond donors (Lipinski definition) is 8. The minimum atomic E-state index is -1.25. The number of nitrogens with two attached hydrogens (primary N) is 1. The molecule has 192 valence electrons. The lowest BCUT2D eigenvalue weighted by molar-refractivity contribution is -0.143. The van der Waals surface area contributed by atoms with Crippen molar-refractivity contribution >= 4 is 29.6 Å². The van der Waals surface area contributed by atoms with Crippen molar-refractivity contribution in [3.63, 3.8) is 0 Å². The van der Waals surface area contributed by atoms with E-state index in [1.165, 1.54) is 0 Å². The lowest BCUT2D eigenvalue weighted by Gasteiger charge is -2.28. The van der Waals surface area contributed by atoms with Gasteiger partial charge in [-0.05, 0) is 32.2 Å². The predicted molar refractivity (Wildman–Crippen MR) is 117 cm³/mol. The highest BCUT2D eigenvalue weighted by molar-refractivity contribution is 5.94. The average molecular weight is 487 g/mol. The van der Waals surface area contributed by atoms with Gasteiger partial charge >= 0.3 is 5.97 Å². The number of carbonyl (C=O) groups excluding carboxylic acids is 4. The van der Waals surface area contributed by atoms with Gasteiger partial charge in [-0.2, -0.15) is 0 Å². The maximum Gasteiger partial charge on any atom is 0.322 e. The molecule has 0 spiro atoms. The first-order chi connectivity index (χ1) is 16.1. The van der Waals surface area contributed by atoms with Gasteiger partial charge in [-0.1, -0.05) is 0 Å². The van der Waals surface area contributed by atoms with Crippen LogP contribution in [0.15, 0.2) is 0 Å². The Morgan fingerprint density at radius 1 is 1.00 bits per heavy atom. The number of aliphatic carboxylic acids is 1. The number of likely N-dealkylation sites (tertiary alicyclic amines) is 1.